The third-order valence-electron chi connectivity index (χ3n) is 4.42. The molecule has 1 saturated heterocycles. The van der Waals surface area contributed by atoms with Crippen LogP contribution in [0.5, 0.6) is 5.88 Å². The largest absolute Gasteiger partial charge is 0.477 e. The molecule has 128 valence electrons. The average Bonchev–Trinajstić information content (AvgIpc) is 2.61. The Kier molecular flexibility index (Phi) is 5.28. The smallest absolute Gasteiger partial charge is 0.213 e. The van der Waals surface area contributed by atoms with Gasteiger partial charge in [0.2, 0.25) is 5.88 Å². The van der Waals surface area contributed by atoms with E-state index >= 15 is 0 Å². The van der Waals surface area contributed by atoms with Crippen LogP contribution in [0.15, 0.2) is 30.5 Å². The van der Waals surface area contributed by atoms with Gasteiger partial charge in [-0.2, -0.15) is 0 Å². The lowest BCUT2D eigenvalue weighted by atomic mass is 9.98. The average molecular weight is 326 g/mol. The predicted molar refractivity (Wildman–Crippen MR) is 95.5 cm³/mol. The zero-order valence-electron chi connectivity index (χ0n) is 14.8. The van der Waals surface area contributed by atoms with E-state index in [1.54, 1.807) is 6.20 Å². The maximum atomic E-state index is 5.80. The molecule has 5 nitrogen and oxygen atoms in total. The molecule has 1 aliphatic heterocycles. The van der Waals surface area contributed by atoms with Gasteiger partial charge in [-0.05, 0) is 31.7 Å². The van der Waals surface area contributed by atoms with E-state index in [9.17, 15) is 0 Å². The standard InChI is InChI=1S/C19H26N4O/c1-14(2)19-21-15(3)12-17(22-19)23-10-7-16(8-11-23)13-24-18-6-4-5-9-20-18/h4-6,9,12,14,16H,7-8,10-11,13H2,1-3H3. The van der Waals surface area contributed by atoms with Gasteiger partial charge in [0.15, 0.2) is 0 Å². The highest BCUT2D eigenvalue weighted by Gasteiger charge is 2.21. The maximum absolute atomic E-state index is 5.80. The fourth-order valence-corrected chi connectivity index (χ4v) is 2.96. The van der Waals surface area contributed by atoms with Crippen molar-refractivity contribution in [3.05, 3.63) is 42.0 Å². The van der Waals surface area contributed by atoms with Gasteiger partial charge >= 0.3 is 0 Å². The first-order valence-corrected chi connectivity index (χ1v) is 8.76. The molecule has 0 spiro atoms. The summed E-state index contributed by atoms with van der Waals surface area (Å²) in [5, 5.41) is 0. The maximum Gasteiger partial charge on any atom is 0.213 e. The second-order valence-corrected chi connectivity index (χ2v) is 6.79. The Bertz CT molecular complexity index is 652. The molecular formula is C19H26N4O. The van der Waals surface area contributed by atoms with Gasteiger partial charge in [0.1, 0.15) is 11.6 Å². The topological polar surface area (TPSA) is 51.1 Å². The van der Waals surface area contributed by atoms with E-state index < -0.39 is 0 Å². The first-order valence-electron chi connectivity index (χ1n) is 8.76. The van der Waals surface area contributed by atoms with Crippen molar-refractivity contribution < 1.29 is 4.74 Å². The van der Waals surface area contributed by atoms with E-state index in [1.165, 1.54) is 0 Å². The monoisotopic (exact) mass is 326 g/mol. The van der Waals surface area contributed by atoms with E-state index in [2.05, 4.69) is 34.8 Å². The van der Waals surface area contributed by atoms with Crippen molar-refractivity contribution in [1.82, 2.24) is 15.0 Å². The number of pyridine rings is 1. The Morgan fingerprint density at radius 1 is 1.21 bits per heavy atom. The van der Waals surface area contributed by atoms with E-state index in [4.69, 9.17) is 9.72 Å². The highest BCUT2D eigenvalue weighted by molar-refractivity contribution is 5.40. The van der Waals surface area contributed by atoms with Crippen LogP contribution in [0.3, 0.4) is 0 Å². The van der Waals surface area contributed by atoms with Gasteiger partial charge in [-0.25, -0.2) is 15.0 Å². The molecule has 5 heteroatoms. The molecule has 0 unspecified atom stereocenters. The number of hydrogen-bond acceptors (Lipinski definition) is 5. The number of aryl methyl sites for hydroxylation is 1. The van der Waals surface area contributed by atoms with Crippen LogP contribution in [0.25, 0.3) is 0 Å². The van der Waals surface area contributed by atoms with Gasteiger partial charge in [0, 0.05) is 43.0 Å². The Morgan fingerprint density at radius 3 is 2.67 bits per heavy atom. The van der Waals surface area contributed by atoms with Gasteiger partial charge in [-0.3, -0.25) is 0 Å². The van der Waals surface area contributed by atoms with Crippen molar-refractivity contribution in [1.29, 1.82) is 0 Å². The summed E-state index contributed by atoms with van der Waals surface area (Å²) in [6.07, 6.45) is 4.00. The predicted octanol–water partition coefficient (Wildman–Crippen LogP) is 3.60. The molecule has 0 amide bonds. The molecule has 0 aliphatic carbocycles. The number of aromatic nitrogens is 3. The lowest BCUT2D eigenvalue weighted by Gasteiger charge is -2.33. The van der Waals surface area contributed by atoms with Gasteiger partial charge < -0.3 is 9.64 Å². The van der Waals surface area contributed by atoms with Crippen molar-refractivity contribution in [3.63, 3.8) is 0 Å². The van der Waals surface area contributed by atoms with Gasteiger partial charge in [0.25, 0.3) is 0 Å². The van der Waals surface area contributed by atoms with Crippen LogP contribution in [0, 0.1) is 12.8 Å². The number of ether oxygens (including phenoxy) is 1. The lowest BCUT2D eigenvalue weighted by Crippen LogP contribution is -2.36. The highest BCUT2D eigenvalue weighted by atomic mass is 16.5. The molecule has 0 radical (unpaired) electrons. The van der Waals surface area contributed by atoms with Crippen LogP contribution in [0.1, 0.15) is 44.1 Å². The third-order valence-corrected chi connectivity index (χ3v) is 4.42. The lowest BCUT2D eigenvalue weighted by molar-refractivity contribution is 0.216. The summed E-state index contributed by atoms with van der Waals surface area (Å²) in [6, 6.07) is 7.86. The highest BCUT2D eigenvalue weighted by Crippen LogP contribution is 2.24. The molecule has 3 rings (SSSR count). The summed E-state index contributed by atoms with van der Waals surface area (Å²) in [5.41, 5.74) is 1.05. The minimum absolute atomic E-state index is 0.355. The van der Waals surface area contributed by atoms with E-state index in [1.807, 2.05) is 25.1 Å². The van der Waals surface area contributed by atoms with Crippen LogP contribution >= 0.6 is 0 Å². The van der Waals surface area contributed by atoms with Crippen molar-refractivity contribution in [2.75, 3.05) is 24.6 Å². The summed E-state index contributed by atoms with van der Waals surface area (Å²) < 4.78 is 5.80. The summed E-state index contributed by atoms with van der Waals surface area (Å²) >= 11 is 0. The Hall–Kier alpha value is -2.17. The van der Waals surface area contributed by atoms with E-state index in [-0.39, 0.29) is 0 Å². The zero-order chi connectivity index (χ0) is 16.9. The van der Waals surface area contributed by atoms with Crippen molar-refractivity contribution in [2.45, 2.75) is 39.5 Å². The number of rotatable bonds is 5. The molecular weight excluding hydrogens is 300 g/mol. The summed E-state index contributed by atoms with van der Waals surface area (Å²) in [4.78, 5) is 15.9. The Balaban J connectivity index is 1.55. The zero-order valence-corrected chi connectivity index (χ0v) is 14.8. The molecule has 0 N–H and O–H groups in total. The second kappa shape index (κ2) is 7.60. The molecule has 3 heterocycles. The molecule has 1 fully saturated rings. The summed E-state index contributed by atoms with van der Waals surface area (Å²) in [5.74, 6) is 3.65. The molecule has 2 aromatic heterocycles. The first kappa shape index (κ1) is 16.7. The first-order chi connectivity index (χ1) is 11.6. The van der Waals surface area contributed by atoms with Crippen LogP contribution in [0.4, 0.5) is 5.82 Å². The van der Waals surface area contributed by atoms with Crippen molar-refractivity contribution >= 4 is 5.82 Å². The summed E-state index contributed by atoms with van der Waals surface area (Å²) in [7, 11) is 0. The number of piperidine rings is 1. The second-order valence-electron chi connectivity index (χ2n) is 6.79. The molecule has 24 heavy (non-hydrogen) atoms. The number of hydrogen-bond donors (Lipinski definition) is 0. The summed E-state index contributed by atoms with van der Waals surface area (Å²) in [6.45, 7) is 9.10. The third kappa shape index (κ3) is 4.22. The molecule has 0 saturated carbocycles. The number of anilines is 1. The molecule has 0 aromatic carbocycles. The molecule has 0 bridgehead atoms. The van der Waals surface area contributed by atoms with E-state index in [0.717, 1.165) is 49.9 Å². The van der Waals surface area contributed by atoms with Crippen LogP contribution in [-0.2, 0) is 0 Å². The number of nitrogens with zero attached hydrogens (tertiary/aromatic N) is 4. The fourth-order valence-electron chi connectivity index (χ4n) is 2.96. The molecule has 1 aliphatic rings. The normalized spacial score (nSPS) is 15.8. The molecule has 0 atom stereocenters. The Morgan fingerprint density at radius 2 is 2.00 bits per heavy atom. The minimum atomic E-state index is 0.355. The van der Waals surface area contributed by atoms with Gasteiger partial charge in [0.05, 0.1) is 6.61 Å². The van der Waals surface area contributed by atoms with Crippen molar-refractivity contribution in [3.8, 4) is 5.88 Å². The SMILES string of the molecule is Cc1cc(N2CCC(COc3ccccn3)CC2)nc(C(C)C)n1. The fraction of sp³-hybridized carbons (Fsp3) is 0.526. The van der Waals surface area contributed by atoms with Gasteiger partial charge in [-0.15, -0.1) is 0 Å². The quantitative estimate of drug-likeness (QED) is 0.840. The van der Waals surface area contributed by atoms with E-state index in [0.29, 0.717) is 17.7 Å². The minimum Gasteiger partial charge on any atom is -0.477 e. The van der Waals surface area contributed by atoms with Crippen molar-refractivity contribution in [2.24, 2.45) is 5.92 Å². The van der Waals surface area contributed by atoms with Crippen LogP contribution in [0.2, 0.25) is 0 Å². The Labute approximate surface area is 144 Å². The van der Waals surface area contributed by atoms with Crippen LogP contribution < -0.4 is 9.64 Å². The van der Waals surface area contributed by atoms with Gasteiger partial charge in [-0.1, -0.05) is 19.9 Å². The molecule has 2 aromatic rings. The van der Waals surface area contributed by atoms with Crippen LogP contribution in [-0.4, -0.2) is 34.6 Å².